The molecule has 2 aliphatic carbocycles. The zero-order chi connectivity index (χ0) is 31.4. The van der Waals surface area contributed by atoms with Gasteiger partial charge in [0.1, 0.15) is 5.92 Å². The number of halogens is 4. The van der Waals surface area contributed by atoms with Crippen molar-refractivity contribution in [1.29, 1.82) is 0 Å². The molecule has 13 heteroatoms. The lowest BCUT2D eigenvalue weighted by atomic mass is 9.72. The van der Waals surface area contributed by atoms with Crippen LogP contribution in [-0.2, 0) is 30.8 Å². The molecule has 3 aliphatic rings. The van der Waals surface area contributed by atoms with Crippen LogP contribution in [0, 0.1) is 35.2 Å². The summed E-state index contributed by atoms with van der Waals surface area (Å²) in [5.41, 5.74) is -0.500. The maximum Gasteiger partial charge on any atom is 0.313 e. The fraction of sp³-hybridized carbons (Fsp3) is 0.355. The lowest BCUT2D eigenvalue weighted by Crippen LogP contribution is -2.55. The van der Waals surface area contributed by atoms with E-state index in [4.69, 9.17) is 21.2 Å². The first-order chi connectivity index (χ1) is 21.0. The highest BCUT2D eigenvalue weighted by molar-refractivity contribution is 7.92. The second-order valence-electron chi connectivity index (χ2n) is 11.4. The molecule has 3 fully saturated rings. The van der Waals surface area contributed by atoms with E-state index in [0.717, 1.165) is 11.6 Å². The Balaban J connectivity index is 1.34. The van der Waals surface area contributed by atoms with Crippen LogP contribution in [0.4, 0.5) is 18.9 Å². The largest absolute Gasteiger partial charge is 0.469 e. The number of nitrogens with zero attached hydrogens (tertiary/aromatic N) is 1. The Morgan fingerprint density at radius 3 is 2.45 bits per heavy atom. The zero-order valence-corrected chi connectivity index (χ0v) is 25.0. The number of hydrogen-bond donors (Lipinski definition) is 1. The number of rotatable bonds is 7. The molecule has 6 rings (SSSR count). The maximum atomic E-state index is 14.4. The molecule has 1 N–H and O–H groups in total. The molecular formula is C31H28ClF3N2O6S. The van der Waals surface area contributed by atoms with Gasteiger partial charge in [-0.25, -0.2) is 21.6 Å². The van der Waals surface area contributed by atoms with Crippen molar-refractivity contribution in [2.24, 2.45) is 17.8 Å². The van der Waals surface area contributed by atoms with Crippen molar-refractivity contribution in [3.63, 3.8) is 0 Å². The van der Waals surface area contributed by atoms with E-state index in [1.165, 1.54) is 19.2 Å². The summed E-state index contributed by atoms with van der Waals surface area (Å²) in [7, 11) is -2.89. The molecule has 1 amide bonds. The van der Waals surface area contributed by atoms with Crippen LogP contribution in [0.2, 0.25) is 5.02 Å². The van der Waals surface area contributed by atoms with Crippen molar-refractivity contribution in [3.05, 3.63) is 94.3 Å². The van der Waals surface area contributed by atoms with Crippen LogP contribution in [-0.4, -0.2) is 49.9 Å². The topological polar surface area (TPSA) is 102 Å². The number of benzene rings is 3. The van der Waals surface area contributed by atoms with E-state index in [1.54, 1.807) is 5.06 Å². The van der Waals surface area contributed by atoms with Crippen LogP contribution < -0.4 is 5.32 Å². The van der Waals surface area contributed by atoms with E-state index >= 15 is 0 Å². The molecule has 0 radical (unpaired) electrons. The van der Waals surface area contributed by atoms with Gasteiger partial charge in [-0.2, -0.15) is 5.06 Å². The number of methoxy groups -OCH3 is 1. The minimum Gasteiger partial charge on any atom is -0.469 e. The molecule has 232 valence electrons. The Kier molecular flexibility index (Phi) is 7.98. The normalized spacial score (nSPS) is 26.3. The Labute approximate surface area is 257 Å². The number of fused-ring (bicyclic) bond motifs is 3. The number of nitrogens with one attached hydrogen (secondary N) is 1. The van der Waals surface area contributed by atoms with Gasteiger partial charge < -0.3 is 10.1 Å². The van der Waals surface area contributed by atoms with Gasteiger partial charge in [0.05, 0.1) is 34.4 Å². The molecule has 1 aliphatic heterocycles. The zero-order valence-electron chi connectivity index (χ0n) is 23.4. The van der Waals surface area contributed by atoms with Gasteiger partial charge in [0, 0.05) is 29.9 Å². The summed E-state index contributed by atoms with van der Waals surface area (Å²) in [4.78, 5) is 31.8. The third-order valence-electron chi connectivity index (χ3n) is 9.16. The molecule has 2 bridgehead atoms. The second kappa shape index (κ2) is 11.5. The maximum absolute atomic E-state index is 14.4. The van der Waals surface area contributed by atoms with Crippen LogP contribution in [0.5, 0.6) is 0 Å². The van der Waals surface area contributed by atoms with Gasteiger partial charge in [0.25, 0.3) is 5.91 Å². The fourth-order valence-corrected chi connectivity index (χ4v) is 10.2. The molecule has 3 aromatic carbocycles. The average molecular weight is 649 g/mol. The molecule has 0 aromatic heterocycles. The van der Waals surface area contributed by atoms with E-state index in [-0.39, 0.29) is 33.7 Å². The molecule has 2 saturated carbocycles. The van der Waals surface area contributed by atoms with E-state index < -0.39 is 61.8 Å². The molecule has 5 atom stereocenters. The Morgan fingerprint density at radius 1 is 1.07 bits per heavy atom. The van der Waals surface area contributed by atoms with Crippen molar-refractivity contribution in [3.8, 4) is 0 Å². The van der Waals surface area contributed by atoms with Gasteiger partial charge in [0.2, 0.25) is 0 Å². The number of carbonyl (C=O) groups excluding carboxylic acids is 2. The lowest BCUT2D eigenvalue weighted by Gasteiger charge is -2.42. The van der Waals surface area contributed by atoms with Gasteiger partial charge in [-0.1, -0.05) is 41.9 Å². The summed E-state index contributed by atoms with van der Waals surface area (Å²) in [5.74, 6) is -7.57. The van der Waals surface area contributed by atoms with Crippen LogP contribution in [0.3, 0.4) is 0 Å². The third kappa shape index (κ3) is 4.97. The highest BCUT2D eigenvalue weighted by Gasteiger charge is 2.70. The van der Waals surface area contributed by atoms with Gasteiger partial charge in [-0.3, -0.25) is 14.4 Å². The number of carbonyl (C=O) groups is 2. The molecule has 1 spiro atoms. The minimum absolute atomic E-state index is 0.0521. The first kappa shape index (κ1) is 30.6. The number of amides is 1. The van der Waals surface area contributed by atoms with Crippen LogP contribution >= 0.6 is 11.6 Å². The summed E-state index contributed by atoms with van der Waals surface area (Å²) < 4.78 is 74.7. The van der Waals surface area contributed by atoms with Crippen molar-refractivity contribution in [2.45, 2.75) is 41.5 Å². The van der Waals surface area contributed by atoms with Crippen molar-refractivity contribution in [1.82, 2.24) is 5.06 Å². The molecule has 1 heterocycles. The summed E-state index contributed by atoms with van der Waals surface area (Å²) in [6.45, 7) is 0.391. The van der Waals surface area contributed by atoms with Crippen molar-refractivity contribution < 1.29 is 40.8 Å². The molecular weight excluding hydrogens is 621 g/mol. The van der Waals surface area contributed by atoms with E-state index in [0.29, 0.717) is 37.9 Å². The Hall–Kier alpha value is -3.45. The first-order valence-electron chi connectivity index (χ1n) is 14.0. The van der Waals surface area contributed by atoms with Gasteiger partial charge in [-0.05, 0) is 54.9 Å². The van der Waals surface area contributed by atoms with E-state index in [2.05, 4.69) is 5.32 Å². The molecule has 44 heavy (non-hydrogen) atoms. The predicted octanol–water partition coefficient (Wildman–Crippen LogP) is 5.56. The smallest absolute Gasteiger partial charge is 0.313 e. The summed E-state index contributed by atoms with van der Waals surface area (Å²) in [5, 5.41) is 2.98. The van der Waals surface area contributed by atoms with Crippen LogP contribution in [0.25, 0.3) is 0 Å². The number of esters is 1. The van der Waals surface area contributed by atoms with Gasteiger partial charge >= 0.3 is 5.97 Å². The van der Waals surface area contributed by atoms with E-state index in [9.17, 15) is 31.2 Å². The Morgan fingerprint density at radius 2 is 1.77 bits per heavy atom. The van der Waals surface area contributed by atoms with Crippen LogP contribution in [0.15, 0.2) is 65.6 Å². The number of anilines is 1. The van der Waals surface area contributed by atoms with Crippen molar-refractivity contribution >= 4 is 39.0 Å². The summed E-state index contributed by atoms with van der Waals surface area (Å²) >= 11 is 6.43. The first-order valence-corrected chi connectivity index (χ1v) is 15.9. The second-order valence-corrected chi connectivity index (χ2v) is 13.9. The van der Waals surface area contributed by atoms with Crippen LogP contribution in [0.1, 0.15) is 35.2 Å². The Bertz CT molecular complexity index is 1720. The number of hydroxylamine groups is 2. The SMILES string of the molecule is COC(=O)C1CON(Cc2ccccc2)[C@]12CC1CCC2[C@@H]1S(=O)(=O)c1cc(C(=O)Nc2cc(F)c(F)c(F)c2)ccc1Cl. The van der Waals surface area contributed by atoms with Gasteiger partial charge in [-0.15, -0.1) is 0 Å². The number of sulfone groups is 1. The lowest BCUT2D eigenvalue weighted by molar-refractivity contribution is -0.187. The number of ether oxygens (including phenoxy) is 1. The summed E-state index contributed by atoms with van der Waals surface area (Å²) in [6, 6.07) is 14.4. The fourth-order valence-electron chi connectivity index (χ4n) is 7.33. The summed E-state index contributed by atoms with van der Waals surface area (Å²) in [6.07, 6.45) is 1.52. The third-order valence-corrected chi connectivity index (χ3v) is 12.0. The molecule has 3 unspecified atom stereocenters. The highest BCUT2D eigenvalue weighted by atomic mass is 35.5. The molecule has 3 aromatic rings. The highest BCUT2D eigenvalue weighted by Crippen LogP contribution is 2.62. The standard InChI is InChI=1S/C31H28ClF3N2O6S/c1-42-30(39)22-16-43-37(15-17-5-3-2-4-6-17)31(22)14-19-7-9-21(31)28(19)44(40,41)26-11-18(8-10-23(26)32)29(38)36-20-12-24(33)27(35)25(34)13-20/h2-6,8,10-13,19,21-22,28H,7,9,14-16H2,1H3,(H,36,38)/t19?,21?,22?,28-,31+/m1/s1. The quantitative estimate of drug-likeness (QED) is 0.265. The molecule has 8 nitrogen and oxygen atoms in total. The monoisotopic (exact) mass is 648 g/mol. The number of hydrogen-bond acceptors (Lipinski definition) is 7. The van der Waals surface area contributed by atoms with Gasteiger partial charge in [0.15, 0.2) is 27.3 Å². The predicted molar refractivity (Wildman–Crippen MR) is 154 cm³/mol. The average Bonchev–Trinajstić information content (AvgIpc) is 3.68. The molecule has 1 saturated heterocycles. The van der Waals surface area contributed by atoms with Crippen molar-refractivity contribution in [2.75, 3.05) is 19.0 Å². The van der Waals surface area contributed by atoms with E-state index in [1.807, 2.05) is 30.3 Å². The minimum atomic E-state index is -4.18.